The lowest BCUT2D eigenvalue weighted by atomic mass is 10.2. The van der Waals surface area contributed by atoms with Crippen LogP contribution in [0.25, 0.3) is 5.69 Å². The SMILES string of the molecule is CCC/C=C/C(O)C(=O)N1C[C@@H](F)[C@@H](NC(=O)c2cn(-c3cnn(C)c3)cn2)C1. The number of likely N-dealkylation sites (tertiary alicyclic amines) is 1. The van der Waals surface area contributed by atoms with Crippen LogP contribution in [0.2, 0.25) is 0 Å². The van der Waals surface area contributed by atoms with E-state index in [1.807, 2.05) is 6.92 Å². The second kappa shape index (κ2) is 8.99. The first kappa shape index (κ1) is 20.7. The fraction of sp³-hybridized carbons (Fsp3) is 0.474. The fourth-order valence-electron chi connectivity index (χ4n) is 3.11. The zero-order valence-corrected chi connectivity index (χ0v) is 16.4. The van der Waals surface area contributed by atoms with Crippen LogP contribution in [0, 0.1) is 0 Å². The highest BCUT2D eigenvalue weighted by atomic mass is 19.1. The zero-order valence-electron chi connectivity index (χ0n) is 16.4. The predicted molar refractivity (Wildman–Crippen MR) is 103 cm³/mol. The van der Waals surface area contributed by atoms with Gasteiger partial charge >= 0.3 is 0 Å². The summed E-state index contributed by atoms with van der Waals surface area (Å²) in [6, 6.07) is -0.859. The number of amides is 2. The molecular weight excluding hydrogens is 379 g/mol. The van der Waals surface area contributed by atoms with E-state index in [1.165, 1.54) is 23.5 Å². The molecule has 3 atom stereocenters. The maximum Gasteiger partial charge on any atom is 0.271 e. The molecular formula is C19H25FN6O3. The number of carbonyl (C=O) groups excluding carboxylic acids is 2. The lowest BCUT2D eigenvalue weighted by Gasteiger charge is -2.18. The molecule has 9 nitrogen and oxygen atoms in total. The fourth-order valence-corrected chi connectivity index (χ4v) is 3.11. The summed E-state index contributed by atoms with van der Waals surface area (Å²) in [7, 11) is 1.78. The average molecular weight is 404 g/mol. The Labute approximate surface area is 167 Å². The molecule has 2 aromatic heterocycles. The standard InChI is InChI=1S/C19H25FN6O3/c1-3-4-5-6-17(27)19(29)25-9-14(20)15(10-25)23-18(28)16-11-26(12-21-16)13-7-22-24(2)8-13/h5-8,11-12,14-15,17,27H,3-4,9-10H2,1-2H3,(H,23,28)/b6-5+/t14-,15+,17?/m1/s1. The summed E-state index contributed by atoms with van der Waals surface area (Å²) >= 11 is 0. The Balaban J connectivity index is 1.58. The first-order valence-electron chi connectivity index (χ1n) is 9.50. The Morgan fingerprint density at radius 3 is 2.90 bits per heavy atom. The van der Waals surface area contributed by atoms with Gasteiger partial charge in [0.1, 0.15) is 18.2 Å². The Kier molecular flexibility index (Phi) is 6.42. The minimum Gasteiger partial charge on any atom is -0.379 e. The lowest BCUT2D eigenvalue weighted by molar-refractivity contribution is -0.136. The Morgan fingerprint density at radius 1 is 1.41 bits per heavy atom. The van der Waals surface area contributed by atoms with Crippen molar-refractivity contribution in [2.75, 3.05) is 13.1 Å². The highest BCUT2D eigenvalue weighted by molar-refractivity contribution is 5.92. The number of aryl methyl sites for hydroxylation is 1. The van der Waals surface area contributed by atoms with Gasteiger partial charge in [0.2, 0.25) is 0 Å². The molecule has 1 aliphatic rings. The third-order valence-corrected chi connectivity index (χ3v) is 4.71. The second-order valence-corrected chi connectivity index (χ2v) is 7.04. The first-order valence-corrected chi connectivity index (χ1v) is 9.50. The molecule has 3 heterocycles. The van der Waals surface area contributed by atoms with Crippen molar-refractivity contribution in [2.24, 2.45) is 7.05 Å². The molecule has 1 unspecified atom stereocenters. The summed E-state index contributed by atoms with van der Waals surface area (Å²) in [4.78, 5) is 30.0. The molecule has 0 aliphatic carbocycles. The van der Waals surface area contributed by atoms with Gasteiger partial charge in [0.25, 0.3) is 11.8 Å². The van der Waals surface area contributed by atoms with Crippen molar-refractivity contribution >= 4 is 11.8 Å². The summed E-state index contributed by atoms with van der Waals surface area (Å²) < 4.78 is 17.6. The number of carbonyl (C=O) groups is 2. The molecule has 2 aromatic rings. The molecule has 10 heteroatoms. The molecule has 29 heavy (non-hydrogen) atoms. The monoisotopic (exact) mass is 404 g/mol. The topological polar surface area (TPSA) is 105 Å². The largest absolute Gasteiger partial charge is 0.379 e. The molecule has 1 fully saturated rings. The summed E-state index contributed by atoms with van der Waals surface area (Å²) in [5, 5.41) is 16.6. The number of hydrogen-bond donors (Lipinski definition) is 2. The van der Waals surface area contributed by atoms with Gasteiger partial charge in [-0.1, -0.05) is 25.5 Å². The maximum absolute atomic E-state index is 14.4. The predicted octanol–water partition coefficient (Wildman–Crippen LogP) is 0.602. The lowest BCUT2D eigenvalue weighted by Crippen LogP contribution is -2.42. The van der Waals surface area contributed by atoms with Crippen LogP contribution >= 0.6 is 0 Å². The number of hydrogen-bond acceptors (Lipinski definition) is 5. The van der Waals surface area contributed by atoms with Crippen LogP contribution in [-0.2, 0) is 11.8 Å². The van der Waals surface area contributed by atoms with Crippen LogP contribution in [0.15, 0.2) is 37.1 Å². The number of rotatable bonds is 7. The van der Waals surface area contributed by atoms with Gasteiger partial charge in [-0.2, -0.15) is 5.10 Å². The number of halogens is 1. The van der Waals surface area contributed by atoms with E-state index in [2.05, 4.69) is 15.4 Å². The first-order chi connectivity index (χ1) is 13.9. The van der Waals surface area contributed by atoms with E-state index in [-0.39, 0.29) is 18.8 Å². The van der Waals surface area contributed by atoms with Crippen molar-refractivity contribution in [2.45, 2.75) is 38.1 Å². The molecule has 2 amide bonds. The van der Waals surface area contributed by atoms with Crippen LogP contribution in [0.3, 0.4) is 0 Å². The summed E-state index contributed by atoms with van der Waals surface area (Å²) in [6.07, 6.45) is 8.46. The Hall–Kier alpha value is -3.01. The molecule has 0 saturated carbocycles. The van der Waals surface area contributed by atoms with Gasteiger partial charge in [0.05, 0.1) is 24.5 Å². The molecule has 0 aromatic carbocycles. The van der Waals surface area contributed by atoms with Crippen molar-refractivity contribution in [1.29, 1.82) is 0 Å². The number of nitrogens with zero attached hydrogens (tertiary/aromatic N) is 5. The van der Waals surface area contributed by atoms with Crippen molar-refractivity contribution in [3.63, 3.8) is 0 Å². The van der Waals surface area contributed by atoms with Gasteiger partial charge in [-0.3, -0.25) is 14.3 Å². The van der Waals surface area contributed by atoms with Gasteiger partial charge in [0, 0.05) is 26.0 Å². The van der Waals surface area contributed by atoms with Crippen molar-refractivity contribution in [1.82, 2.24) is 29.5 Å². The van der Waals surface area contributed by atoms with Gasteiger partial charge in [0.15, 0.2) is 6.10 Å². The highest BCUT2D eigenvalue weighted by Crippen LogP contribution is 2.16. The van der Waals surface area contributed by atoms with E-state index in [9.17, 15) is 19.1 Å². The molecule has 1 saturated heterocycles. The maximum atomic E-state index is 14.4. The number of aliphatic hydroxyl groups excluding tert-OH is 1. The van der Waals surface area contributed by atoms with E-state index in [1.54, 1.807) is 34.8 Å². The molecule has 0 spiro atoms. The molecule has 3 rings (SSSR count). The average Bonchev–Trinajstić information content (AvgIpc) is 3.41. The highest BCUT2D eigenvalue weighted by Gasteiger charge is 2.38. The number of allylic oxidation sites excluding steroid dienone is 1. The van der Waals surface area contributed by atoms with Crippen molar-refractivity contribution in [3.8, 4) is 5.69 Å². The van der Waals surface area contributed by atoms with E-state index in [0.717, 1.165) is 18.5 Å². The number of aromatic nitrogens is 4. The quantitative estimate of drug-likeness (QED) is 0.658. The van der Waals surface area contributed by atoms with E-state index < -0.39 is 30.1 Å². The summed E-state index contributed by atoms with van der Waals surface area (Å²) in [5.41, 5.74) is 0.874. The van der Waals surface area contributed by atoms with Crippen LogP contribution < -0.4 is 5.32 Å². The minimum absolute atomic E-state index is 0.00622. The molecule has 0 bridgehead atoms. The van der Waals surface area contributed by atoms with E-state index in [0.29, 0.717) is 0 Å². The second-order valence-electron chi connectivity index (χ2n) is 7.04. The van der Waals surface area contributed by atoms with Gasteiger partial charge in [-0.25, -0.2) is 9.37 Å². The molecule has 1 aliphatic heterocycles. The van der Waals surface area contributed by atoms with Crippen LogP contribution in [0.1, 0.15) is 30.3 Å². The van der Waals surface area contributed by atoms with E-state index in [4.69, 9.17) is 0 Å². The zero-order chi connectivity index (χ0) is 21.0. The minimum atomic E-state index is -1.42. The third kappa shape index (κ3) is 4.89. The van der Waals surface area contributed by atoms with Gasteiger partial charge in [-0.05, 0) is 6.42 Å². The molecule has 0 radical (unpaired) electrons. The van der Waals surface area contributed by atoms with Gasteiger partial charge in [-0.15, -0.1) is 0 Å². The summed E-state index contributed by atoms with van der Waals surface area (Å²) in [6.45, 7) is 1.81. The number of alkyl halides is 1. The number of nitrogens with one attached hydrogen (secondary N) is 1. The Bertz CT molecular complexity index is 892. The van der Waals surface area contributed by atoms with Crippen LogP contribution in [0.4, 0.5) is 4.39 Å². The number of aliphatic hydroxyl groups is 1. The third-order valence-electron chi connectivity index (χ3n) is 4.71. The van der Waals surface area contributed by atoms with E-state index >= 15 is 0 Å². The summed E-state index contributed by atoms with van der Waals surface area (Å²) in [5.74, 6) is -1.10. The Morgan fingerprint density at radius 2 is 2.21 bits per heavy atom. The molecule has 156 valence electrons. The normalized spacial score (nSPS) is 20.3. The smallest absolute Gasteiger partial charge is 0.271 e. The molecule has 2 N–H and O–H groups in total. The van der Waals surface area contributed by atoms with Crippen LogP contribution in [0.5, 0.6) is 0 Å². The number of imidazole rings is 1. The van der Waals surface area contributed by atoms with Crippen LogP contribution in [-0.4, -0.2) is 72.6 Å². The van der Waals surface area contributed by atoms with Gasteiger partial charge < -0.3 is 19.9 Å². The number of unbranched alkanes of at least 4 members (excludes halogenated alkanes) is 1. The van der Waals surface area contributed by atoms with Crippen molar-refractivity contribution < 1.29 is 19.1 Å². The van der Waals surface area contributed by atoms with Crippen molar-refractivity contribution in [3.05, 3.63) is 42.8 Å².